The van der Waals surface area contributed by atoms with Crippen LogP contribution in [-0.2, 0) is 0 Å². The van der Waals surface area contributed by atoms with E-state index in [1.807, 2.05) is 31.2 Å². The molecule has 1 fully saturated rings. The fraction of sp³-hybridized carbons (Fsp3) is 0.462. The zero-order chi connectivity index (χ0) is 12.3. The first-order valence-corrected chi connectivity index (χ1v) is 5.96. The summed E-state index contributed by atoms with van der Waals surface area (Å²) in [6, 6.07) is 7.55. The van der Waals surface area contributed by atoms with Gasteiger partial charge in [0.05, 0.1) is 12.6 Å². The van der Waals surface area contributed by atoms with E-state index in [0.29, 0.717) is 0 Å². The minimum Gasteiger partial charge on any atom is -0.394 e. The Morgan fingerprint density at radius 3 is 2.82 bits per heavy atom. The molecule has 0 bridgehead atoms. The summed E-state index contributed by atoms with van der Waals surface area (Å²) in [6.07, 6.45) is 1.85. The number of urea groups is 1. The lowest BCUT2D eigenvalue weighted by atomic mass is 10.2. The summed E-state index contributed by atoms with van der Waals surface area (Å²) >= 11 is 0. The van der Waals surface area contributed by atoms with E-state index < -0.39 is 0 Å². The van der Waals surface area contributed by atoms with Gasteiger partial charge < -0.3 is 15.3 Å². The molecule has 2 amide bonds. The number of anilines is 1. The molecule has 92 valence electrons. The monoisotopic (exact) mass is 234 g/mol. The van der Waals surface area contributed by atoms with Crippen molar-refractivity contribution in [2.75, 3.05) is 18.5 Å². The molecule has 1 aliphatic rings. The van der Waals surface area contributed by atoms with Crippen molar-refractivity contribution >= 4 is 11.7 Å². The Bertz CT molecular complexity index is 389. The lowest BCUT2D eigenvalue weighted by Gasteiger charge is -2.23. The van der Waals surface area contributed by atoms with Crippen LogP contribution in [0.1, 0.15) is 18.4 Å². The second-order valence-corrected chi connectivity index (χ2v) is 4.47. The molecular weight excluding hydrogens is 216 g/mol. The standard InChI is InChI=1S/C13H18N2O2/c1-10-4-6-11(7-5-10)14-13(17)15-8-2-3-12(15)9-16/h4-7,12,16H,2-3,8-9H2,1H3,(H,14,17)/t12-/m1/s1. The highest BCUT2D eigenvalue weighted by molar-refractivity contribution is 5.89. The van der Waals surface area contributed by atoms with Crippen molar-refractivity contribution < 1.29 is 9.90 Å². The van der Waals surface area contributed by atoms with E-state index in [1.165, 1.54) is 0 Å². The minimum absolute atomic E-state index is 0.0274. The quantitative estimate of drug-likeness (QED) is 0.822. The summed E-state index contributed by atoms with van der Waals surface area (Å²) in [5.41, 5.74) is 1.96. The van der Waals surface area contributed by atoms with Gasteiger partial charge in [0.1, 0.15) is 0 Å². The van der Waals surface area contributed by atoms with Crippen LogP contribution in [0.15, 0.2) is 24.3 Å². The average molecular weight is 234 g/mol. The van der Waals surface area contributed by atoms with Gasteiger partial charge in [-0.05, 0) is 31.9 Å². The molecule has 2 N–H and O–H groups in total. The van der Waals surface area contributed by atoms with Crippen molar-refractivity contribution in [2.24, 2.45) is 0 Å². The summed E-state index contributed by atoms with van der Waals surface area (Å²) in [5.74, 6) is 0. The first-order chi connectivity index (χ1) is 8.20. The van der Waals surface area contributed by atoms with Crippen molar-refractivity contribution in [3.63, 3.8) is 0 Å². The van der Waals surface area contributed by atoms with Gasteiger partial charge in [-0.15, -0.1) is 0 Å². The minimum atomic E-state index is -0.120. The third-order valence-corrected chi connectivity index (χ3v) is 3.15. The van der Waals surface area contributed by atoms with Crippen LogP contribution in [0.2, 0.25) is 0 Å². The Balaban J connectivity index is 1.99. The highest BCUT2D eigenvalue weighted by atomic mass is 16.3. The topological polar surface area (TPSA) is 52.6 Å². The molecule has 1 atom stereocenters. The fourth-order valence-electron chi connectivity index (χ4n) is 2.13. The Morgan fingerprint density at radius 2 is 2.18 bits per heavy atom. The number of hydrogen-bond acceptors (Lipinski definition) is 2. The molecule has 4 heteroatoms. The predicted molar refractivity (Wildman–Crippen MR) is 67.0 cm³/mol. The van der Waals surface area contributed by atoms with Gasteiger partial charge in [-0.3, -0.25) is 0 Å². The SMILES string of the molecule is Cc1ccc(NC(=O)N2CCC[C@@H]2CO)cc1. The average Bonchev–Trinajstić information content (AvgIpc) is 2.80. The molecule has 0 spiro atoms. The van der Waals surface area contributed by atoms with Crippen molar-refractivity contribution in [1.82, 2.24) is 4.90 Å². The molecule has 0 aliphatic carbocycles. The van der Waals surface area contributed by atoms with E-state index in [-0.39, 0.29) is 18.7 Å². The lowest BCUT2D eigenvalue weighted by molar-refractivity contribution is 0.166. The molecule has 2 rings (SSSR count). The van der Waals surface area contributed by atoms with E-state index in [0.717, 1.165) is 30.6 Å². The number of benzene rings is 1. The molecule has 1 saturated heterocycles. The number of carbonyl (C=O) groups is 1. The van der Waals surface area contributed by atoms with Gasteiger partial charge in [-0.1, -0.05) is 17.7 Å². The van der Waals surface area contributed by atoms with Crippen molar-refractivity contribution in [2.45, 2.75) is 25.8 Å². The maximum atomic E-state index is 12.0. The molecule has 0 unspecified atom stereocenters. The first kappa shape index (κ1) is 11.9. The number of carbonyl (C=O) groups excluding carboxylic acids is 1. The Labute approximate surface area is 101 Å². The lowest BCUT2D eigenvalue weighted by Crippen LogP contribution is -2.40. The predicted octanol–water partition coefficient (Wildman–Crippen LogP) is 1.98. The van der Waals surface area contributed by atoms with Crippen LogP contribution in [0.25, 0.3) is 0 Å². The Morgan fingerprint density at radius 1 is 1.47 bits per heavy atom. The Hall–Kier alpha value is -1.55. The van der Waals surface area contributed by atoms with E-state index >= 15 is 0 Å². The number of aryl methyl sites for hydroxylation is 1. The van der Waals surface area contributed by atoms with Crippen LogP contribution >= 0.6 is 0 Å². The fourth-order valence-corrected chi connectivity index (χ4v) is 2.13. The van der Waals surface area contributed by atoms with Crippen LogP contribution in [0, 0.1) is 6.92 Å². The number of hydrogen-bond donors (Lipinski definition) is 2. The molecular formula is C13H18N2O2. The normalized spacial score (nSPS) is 19.4. The highest BCUT2D eigenvalue weighted by Gasteiger charge is 2.27. The summed E-state index contributed by atoms with van der Waals surface area (Å²) in [6.45, 7) is 2.78. The zero-order valence-electron chi connectivity index (χ0n) is 10.0. The van der Waals surface area contributed by atoms with Gasteiger partial charge in [0.25, 0.3) is 0 Å². The van der Waals surface area contributed by atoms with E-state index in [4.69, 9.17) is 5.11 Å². The second-order valence-electron chi connectivity index (χ2n) is 4.47. The van der Waals surface area contributed by atoms with E-state index in [9.17, 15) is 4.79 Å². The van der Waals surface area contributed by atoms with Crippen molar-refractivity contribution in [1.29, 1.82) is 0 Å². The molecule has 0 radical (unpaired) electrons. The van der Waals surface area contributed by atoms with E-state index in [2.05, 4.69) is 5.32 Å². The maximum absolute atomic E-state index is 12.0. The molecule has 4 nitrogen and oxygen atoms in total. The molecule has 17 heavy (non-hydrogen) atoms. The summed E-state index contributed by atoms with van der Waals surface area (Å²) < 4.78 is 0. The van der Waals surface area contributed by atoms with E-state index in [1.54, 1.807) is 4.90 Å². The summed E-state index contributed by atoms with van der Waals surface area (Å²) in [4.78, 5) is 13.7. The van der Waals surface area contributed by atoms with Crippen LogP contribution in [-0.4, -0.2) is 35.2 Å². The number of aliphatic hydroxyl groups excluding tert-OH is 1. The van der Waals surface area contributed by atoms with Gasteiger partial charge >= 0.3 is 6.03 Å². The molecule has 1 aliphatic heterocycles. The molecule has 0 saturated carbocycles. The third-order valence-electron chi connectivity index (χ3n) is 3.15. The molecule has 1 aromatic rings. The summed E-state index contributed by atoms with van der Waals surface area (Å²) in [7, 11) is 0. The largest absolute Gasteiger partial charge is 0.394 e. The maximum Gasteiger partial charge on any atom is 0.322 e. The summed E-state index contributed by atoms with van der Waals surface area (Å²) in [5, 5.41) is 12.0. The highest BCUT2D eigenvalue weighted by Crippen LogP contribution is 2.18. The van der Waals surface area contributed by atoms with Gasteiger partial charge in [0, 0.05) is 12.2 Å². The van der Waals surface area contributed by atoms with Crippen LogP contribution in [0.4, 0.5) is 10.5 Å². The van der Waals surface area contributed by atoms with Crippen LogP contribution < -0.4 is 5.32 Å². The first-order valence-electron chi connectivity index (χ1n) is 5.96. The molecule has 1 aromatic carbocycles. The smallest absolute Gasteiger partial charge is 0.322 e. The van der Waals surface area contributed by atoms with Gasteiger partial charge in [0.2, 0.25) is 0 Å². The second kappa shape index (κ2) is 5.19. The number of aliphatic hydroxyl groups is 1. The Kier molecular flexibility index (Phi) is 3.64. The zero-order valence-corrected chi connectivity index (χ0v) is 10.0. The number of nitrogens with one attached hydrogen (secondary N) is 1. The van der Waals surface area contributed by atoms with Gasteiger partial charge in [0.15, 0.2) is 0 Å². The van der Waals surface area contributed by atoms with Crippen LogP contribution in [0.3, 0.4) is 0 Å². The van der Waals surface area contributed by atoms with Crippen LogP contribution in [0.5, 0.6) is 0 Å². The number of nitrogens with zero attached hydrogens (tertiary/aromatic N) is 1. The third kappa shape index (κ3) is 2.77. The van der Waals surface area contributed by atoms with Gasteiger partial charge in [-0.25, -0.2) is 4.79 Å². The number of likely N-dealkylation sites (tertiary alicyclic amines) is 1. The van der Waals surface area contributed by atoms with Crippen molar-refractivity contribution in [3.05, 3.63) is 29.8 Å². The number of amides is 2. The molecule has 0 aromatic heterocycles. The van der Waals surface area contributed by atoms with Gasteiger partial charge in [-0.2, -0.15) is 0 Å². The van der Waals surface area contributed by atoms with Crippen molar-refractivity contribution in [3.8, 4) is 0 Å². The number of rotatable bonds is 2. The molecule has 1 heterocycles.